The fraction of sp³-hybridized carbons (Fsp3) is 0.467. The second kappa shape index (κ2) is 6.08. The topological polar surface area (TPSA) is 140 Å². The van der Waals surface area contributed by atoms with E-state index in [-0.39, 0.29) is 11.9 Å². The van der Waals surface area contributed by atoms with Gasteiger partial charge in [0.2, 0.25) is 0 Å². The van der Waals surface area contributed by atoms with E-state index < -0.39 is 0 Å². The number of pyridine rings is 1. The SMILES string of the molecule is CCN1N=C(C)C(=Nc2nc(N3CCC(O)C3)c(N)cc2N)C1=N. The Morgan fingerprint density at radius 3 is 2.75 bits per heavy atom. The van der Waals surface area contributed by atoms with Gasteiger partial charge in [0.05, 0.1) is 23.2 Å². The summed E-state index contributed by atoms with van der Waals surface area (Å²) in [5, 5.41) is 23.7. The van der Waals surface area contributed by atoms with E-state index in [1.54, 1.807) is 18.0 Å². The molecule has 0 spiro atoms. The fourth-order valence-electron chi connectivity index (χ4n) is 2.84. The number of anilines is 3. The van der Waals surface area contributed by atoms with E-state index in [9.17, 15) is 5.11 Å². The number of aromatic nitrogens is 1. The molecule has 0 aromatic carbocycles. The summed E-state index contributed by atoms with van der Waals surface area (Å²) in [6, 6.07) is 1.62. The maximum Gasteiger partial charge on any atom is 0.178 e. The molecule has 24 heavy (non-hydrogen) atoms. The summed E-state index contributed by atoms with van der Waals surface area (Å²) < 4.78 is 0. The van der Waals surface area contributed by atoms with E-state index in [1.165, 1.54) is 0 Å². The van der Waals surface area contributed by atoms with Crippen LogP contribution in [0.3, 0.4) is 0 Å². The summed E-state index contributed by atoms with van der Waals surface area (Å²) in [4.78, 5) is 10.8. The second-order valence-electron chi connectivity index (χ2n) is 5.91. The van der Waals surface area contributed by atoms with E-state index in [0.717, 1.165) is 0 Å². The Balaban J connectivity index is 1.98. The minimum absolute atomic E-state index is 0.228. The molecule has 3 heterocycles. The molecule has 128 valence electrons. The highest BCUT2D eigenvalue weighted by Gasteiger charge is 2.27. The molecule has 1 aromatic rings. The molecule has 0 radical (unpaired) electrons. The number of hydrogen-bond donors (Lipinski definition) is 4. The molecule has 0 bridgehead atoms. The molecule has 2 aliphatic heterocycles. The quantitative estimate of drug-likeness (QED) is 0.639. The number of hydrogen-bond acceptors (Lipinski definition) is 8. The minimum Gasteiger partial charge on any atom is -0.396 e. The van der Waals surface area contributed by atoms with E-state index >= 15 is 0 Å². The van der Waals surface area contributed by atoms with E-state index in [1.807, 2.05) is 11.8 Å². The third-order valence-corrected chi connectivity index (χ3v) is 4.12. The van der Waals surface area contributed by atoms with E-state index in [0.29, 0.717) is 60.5 Å². The summed E-state index contributed by atoms with van der Waals surface area (Å²) in [6.07, 6.45) is 0.297. The number of nitrogens with zero attached hydrogens (tertiary/aromatic N) is 5. The van der Waals surface area contributed by atoms with Crippen LogP contribution >= 0.6 is 0 Å². The number of nitrogen functional groups attached to an aromatic ring is 2. The first-order valence-corrected chi connectivity index (χ1v) is 7.90. The zero-order chi connectivity index (χ0) is 17.4. The van der Waals surface area contributed by atoms with Crippen LogP contribution in [0.1, 0.15) is 20.3 Å². The normalized spacial score (nSPS) is 22.6. The number of aliphatic hydroxyl groups excluding tert-OH is 1. The molecule has 9 nitrogen and oxygen atoms in total. The summed E-state index contributed by atoms with van der Waals surface area (Å²) in [6.45, 7) is 5.47. The van der Waals surface area contributed by atoms with Gasteiger partial charge >= 0.3 is 0 Å². The Hall–Kier alpha value is -2.68. The van der Waals surface area contributed by atoms with Crippen molar-refractivity contribution in [3.63, 3.8) is 0 Å². The van der Waals surface area contributed by atoms with Gasteiger partial charge in [-0.05, 0) is 26.3 Å². The maximum absolute atomic E-state index is 9.72. The van der Waals surface area contributed by atoms with Crippen LogP contribution < -0.4 is 16.4 Å². The average Bonchev–Trinajstić information content (AvgIpc) is 3.07. The molecular formula is C15H22N8O. The van der Waals surface area contributed by atoms with Crippen LogP contribution in [-0.2, 0) is 0 Å². The molecular weight excluding hydrogens is 308 g/mol. The van der Waals surface area contributed by atoms with E-state index in [2.05, 4.69) is 15.1 Å². The number of aliphatic hydroxyl groups is 1. The first-order chi connectivity index (χ1) is 11.4. The van der Waals surface area contributed by atoms with Crippen molar-refractivity contribution in [2.75, 3.05) is 36.0 Å². The molecule has 9 heteroatoms. The number of nitrogens with one attached hydrogen (secondary N) is 1. The van der Waals surface area contributed by atoms with Gasteiger partial charge < -0.3 is 21.5 Å². The lowest BCUT2D eigenvalue weighted by atomic mass is 10.2. The average molecular weight is 330 g/mol. The Morgan fingerprint density at radius 2 is 2.17 bits per heavy atom. The van der Waals surface area contributed by atoms with Crippen LogP contribution in [0, 0.1) is 5.41 Å². The highest BCUT2D eigenvalue weighted by atomic mass is 16.3. The van der Waals surface area contributed by atoms with Gasteiger partial charge in [0.25, 0.3) is 0 Å². The van der Waals surface area contributed by atoms with Crippen molar-refractivity contribution in [3.05, 3.63) is 6.07 Å². The Bertz CT molecular complexity index is 741. The van der Waals surface area contributed by atoms with Gasteiger partial charge in [-0.25, -0.2) is 15.0 Å². The lowest BCUT2D eigenvalue weighted by Gasteiger charge is -2.19. The number of hydrazone groups is 1. The molecule has 0 saturated carbocycles. The molecule has 6 N–H and O–H groups in total. The predicted molar refractivity (Wildman–Crippen MR) is 96.2 cm³/mol. The standard InChI is InChI=1S/C15H22N8O/c1-3-23-13(18)12(8(2)21-23)19-14-10(16)6-11(17)15(20-14)22-5-4-9(24)7-22/h6,9,18,24H,3-5,7,16-17H2,1-2H3. The molecule has 0 amide bonds. The summed E-state index contributed by atoms with van der Waals surface area (Å²) in [7, 11) is 0. The van der Waals surface area contributed by atoms with Gasteiger partial charge in [0.1, 0.15) is 5.71 Å². The summed E-state index contributed by atoms with van der Waals surface area (Å²) >= 11 is 0. The molecule has 2 aliphatic rings. The maximum atomic E-state index is 9.72. The number of β-amino-alcohol motifs (C(OH)–C–C–N with tert-alkyl or cyclic N) is 1. The Labute approximate surface area is 140 Å². The molecule has 1 aromatic heterocycles. The third kappa shape index (κ3) is 2.78. The number of amidine groups is 1. The van der Waals surface area contributed by atoms with Gasteiger partial charge in [-0.15, -0.1) is 0 Å². The first kappa shape index (κ1) is 16.2. The van der Waals surface area contributed by atoms with Gasteiger partial charge in [0.15, 0.2) is 17.5 Å². The van der Waals surface area contributed by atoms with Crippen molar-refractivity contribution in [3.8, 4) is 0 Å². The van der Waals surface area contributed by atoms with Crippen LogP contribution in [0.4, 0.5) is 23.0 Å². The van der Waals surface area contributed by atoms with Gasteiger partial charge in [-0.2, -0.15) is 5.10 Å². The Kier molecular flexibility index (Phi) is 4.10. The second-order valence-corrected chi connectivity index (χ2v) is 5.91. The fourth-order valence-corrected chi connectivity index (χ4v) is 2.84. The minimum atomic E-state index is -0.381. The van der Waals surface area contributed by atoms with Crippen molar-refractivity contribution in [2.45, 2.75) is 26.4 Å². The van der Waals surface area contributed by atoms with Crippen LogP contribution in [-0.4, -0.2) is 58.1 Å². The zero-order valence-electron chi connectivity index (χ0n) is 13.8. The largest absolute Gasteiger partial charge is 0.396 e. The van der Waals surface area contributed by atoms with Crippen LogP contribution in [0.5, 0.6) is 0 Å². The summed E-state index contributed by atoms with van der Waals surface area (Å²) in [5.41, 5.74) is 13.9. The van der Waals surface area contributed by atoms with Crippen molar-refractivity contribution in [1.82, 2.24) is 9.99 Å². The molecule has 1 atom stereocenters. The highest BCUT2D eigenvalue weighted by Crippen LogP contribution is 2.32. The lowest BCUT2D eigenvalue weighted by molar-refractivity contribution is 0.198. The highest BCUT2D eigenvalue weighted by molar-refractivity contribution is 6.69. The number of aliphatic imine (C=N–C) groups is 1. The van der Waals surface area contributed by atoms with Gasteiger partial charge in [0, 0.05) is 19.6 Å². The monoisotopic (exact) mass is 330 g/mol. The molecule has 1 saturated heterocycles. The number of nitrogens with two attached hydrogens (primary N) is 2. The zero-order valence-corrected chi connectivity index (χ0v) is 13.8. The third-order valence-electron chi connectivity index (χ3n) is 4.12. The Morgan fingerprint density at radius 1 is 1.42 bits per heavy atom. The van der Waals surface area contributed by atoms with Crippen molar-refractivity contribution >= 4 is 40.3 Å². The van der Waals surface area contributed by atoms with Gasteiger partial charge in [-0.3, -0.25) is 5.41 Å². The van der Waals surface area contributed by atoms with Crippen LogP contribution in [0.15, 0.2) is 16.2 Å². The molecule has 1 unspecified atom stereocenters. The number of rotatable bonds is 3. The molecule has 3 rings (SSSR count). The van der Waals surface area contributed by atoms with Crippen molar-refractivity contribution in [2.24, 2.45) is 10.1 Å². The van der Waals surface area contributed by atoms with Crippen molar-refractivity contribution < 1.29 is 5.11 Å². The van der Waals surface area contributed by atoms with Crippen LogP contribution in [0.2, 0.25) is 0 Å². The smallest absolute Gasteiger partial charge is 0.178 e. The summed E-state index contributed by atoms with van der Waals surface area (Å²) in [5.74, 6) is 1.10. The molecule has 0 aliphatic carbocycles. The lowest BCUT2D eigenvalue weighted by Crippen LogP contribution is -2.26. The first-order valence-electron chi connectivity index (χ1n) is 7.90. The van der Waals surface area contributed by atoms with Gasteiger partial charge in [-0.1, -0.05) is 0 Å². The van der Waals surface area contributed by atoms with Crippen LogP contribution in [0.25, 0.3) is 0 Å². The van der Waals surface area contributed by atoms with E-state index in [4.69, 9.17) is 16.9 Å². The van der Waals surface area contributed by atoms with Crippen molar-refractivity contribution in [1.29, 1.82) is 5.41 Å². The predicted octanol–water partition coefficient (Wildman–Crippen LogP) is 0.578. The molecule has 1 fully saturated rings.